The maximum atomic E-state index is 12.2. The highest BCUT2D eigenvalue weighted by molar-refractivity contribution is 5.94. The highest BCUT2D eigenvalue weighted by atomic mass is 16.2. The first kappa shape index (κ1) is 12.9. The molecule has 19 heavy (non-hydrogen) atoms. The van der Waals surface area contributed by atoms with E-state index in [1.165, 1.54) is 0 Å². The van der Waals surface area contributed by atoms with Crippen molar-refractivity contribution in [3.63, 3.8) is 0 Å². The Hall–Kier alpha value is -2.51. The average molecular weight is 255 g/mol. The van der Waals surface area contributed by atoms with E-state index in [2.05, 4.69) is 10.0 Å². The van der Waals surface area contributed by atoms with Crippen LogP contribution in [0.5, 0.6) is 0 Å². The van der Waals surface area contributed by atoms with Gasteiger partial charge in [-0.1, -0.05) is 11.2 Å². The first-order valence-corrected chi connectivity index (χ1v) is 6.08. The van der Waals surface area contributed by atoms with Gasteiger partial charge in [-0.3, -0.25) is 4.79 Å². The highest BCUT2D eigenvalue weighted by Crippen LogP contribution is 2.17. The van der Waals surface area contributed by atoms with Gasteiger partial charge in [0.05, 0.1) is 11.6 Å². The van der Waals surface area contributed by atoms with Crippen LogP contribution in [0.15, 0.2) is 29.4 Å². The molecule has 0 N–H and O–H groups in total. The van der Waals surface area contributed by atoms with Crippen LogP contribution in [0.2, 0.25) is 0 Å². The largest absolute Gasteiger partial charge is 0.339 e. The standard InChI is InChI=1S/C13H13N5O/c14-9-10-2-1-3-11(8-10)13(19)18-6-4-12(5-7-18)16-17-15/h1-3,8,12H,4-7H2. The molecule has 0 spiro atoms. The molecule has 96 valence electrons. The summed E-state index contributed by atoms with van der Waals surface area (Å²) in [5, 5.41) is 12.5. The molecule has 1 aromatic carbocycles. The minimum Gasteiger partial charge on any atom is -0.339 e. The summed E-state index contributed by atoms with van der Waals surface area (Å²) in [5.74, 6) is -0.0727. The molecular weight excluding hydrogens is 242 g/mol. The Bertz CT molecular complexity index is 563. The third-order valence-electron chi connectivity index (χ3n) is 3.21. The molecule has 1 fully saturated rings. The van der Waals surface area contributed by atoms with Crippen LogP contribution in [0.25, 0.3) is 10.4 Å². The van der Waals surface area contributed by atoms with Crippen molar-refractivity contribution in [2.75, 3.05) is 13.1 Å². The van der Waals surface area contributed by atoms with Crippen molar-refractivity contribution in [3.8, 4) is 6.07 Å². The summed E-state index contributed by atoms with van der Waals surface area (Å²) in [7, 11) is 0. The minimum absolute atomic E-state index is 0.0144. The van der Waals surface area contributed by atoms with E-state index in [9.17, 15) is 4.79 Å². The molecule has 1 aliphatic heterocycles. The summed E-state index contributed by atoms with van der Waals surface area (Å²) < 4.78 is 0. The molecule has 1 aliphatic rings. The van der Waals surface area contributed by atoms with Crippen molar-refractivity contribution >= 4 is 5.91 Å². The zero-order chi connectivity index (χ0) is 13.7. The molecule has 6 nitrogen and oxygen atoms in total. The number of likely N-dealkylation sites (tertiary alicyclic amines) is 1. The molecule has 0 aliphatic carbocycles. The van der Waals surface area contributed by atoms with Crippen LogP contribution in [-0.2, 0) is 0 Å². The molecule has 6 heteroatoms. The number of rotatable bonds is 2. The van der Waals surface area contributed by atoms with Gasteiger partial charge in [0.1, 0.15) is 0 Å². The number of carbonyl (C=O) groups excluding carboxylic acids is 1. The van der Waals surface area contributed by atoms with Gasteiger partial charge < -0.3 is 4.90 Å². The molecule has 1 heterocycles. The normalized spacial score (nSPS) is 15.4. The smallest absolute Gasteiger partial charge is 0.253 e. The van der Waals surface area contributed by atoms with Gasteiger partial charge in [0.25, 0.3) is 5.91 Å². The Morgan fingerprint density at radius 2 is 2.21 bits per heavy atom. The molecule has 2 rings (SSSR count). The summed E-state index contributed by atoms with van der Waals surface area (Å²) in [4.78, 5) is 16.8. The molecule has 0 saturated carbocycles. The van der Waals surface area contributed by atoms with Crippen molar-refractivity contribution < 1.29 is 4.79 Å². The highest BCUT2D eigenvalue weighted by Gasteiger charge is 2.22. The van der Waals surface area contributed by atoms with E-state index in [1.807, 2.05) is 6.07 Å². The van der Waals surface area contributed by atoms with Crippen LogP contribution in [0.1, 0.15) is 28.8 Å². The SMILES string of the molecule is N#Cc1cccc(C(=O)N2CCC(N=[N+]=[N-])CC2)c1. The number of nitriles is 1. The number of hydrogen-bond acceptors (Lipinski definition) is 3. The maximum absolute atomic E-state index is 12.2. The predicted octanol–water partition coefficient (Wildman–Crippen LogP) is 2.47. The van der Waals surface area contributed by atoms with E-state index in [0.717, 1.165) is 0 Å². The Labute approximate surface area is 110 Å². The van der Waals surface area contributed by atoms with Crippen LogP contribution in [-0.4, -0.2) is 29.9 Å². The lowest BCUT2D eigenvalue weighted by Crippen LogP contribution is -2.39. The van der Waals surface area contributed by atoms with Crippen molar-refractivity contribution in [2.24, 2.45) is 5.11 Å². The van der Waals surface area contributed by atoms with Crippen molar-refractivity contribution in [1.29, 1.82) is 5.26 Å². The first-order chi connectivity index (χ1) is 9.24. The molecule has 0 unspecified atom stereocenters. The zero-order valence-corrected chi connectivity index (χ0v) is 10.4. The van der Waals surface area contributed by atoms with E-state index in [4.69, 9.17) is 10.8 Å². The molecule has 0 aromatic heterocycles. The fourth-order valence-corrected chi connectivity index (χ4v) is 2.16. The van der Waals surface area contributed by atoms with Crippen molar-refractivity contribution in [1.82, 2.24) is 4.90 Å². The fraction of sp³-hybridized carbons (Fsp3) is 0.385. The van der Waals surface area contributed by atoms with E-state index < -0.39 is 0 Å². The topological polar surface area (TPSA) is 92.9 Å². The zero-order valence-electron chi connectivity index (χ0n) is 10.4. The lowest BCUT2D eigenvalue weighted by atomic mass is 10.0. The van der Waals surface area contributed by atoms with Gasteiger partial charge in [-0.15, -0.1) is 0 Å². The number of benzene rings is 1. The summed E-state index contributed by atoms with van der Waals surface area (Å²) >= 11 is 0. The third-order valence-corrected chi connectivity index (χ3v) is 3.21. The number of carbonyl (C=O) groups is 1. The number of azide groups is 1. The second kappa shape index (κ2) is 5.89. The predicted molar refractivity (Wildman–Crippen MR) is 69.2 cm³/mol. The molecule has 1 saturated heterocycles. The minimum atomic E-state index is -0.0727. The van der Waals surface area contributed by atoms with Gasteiger partial charge in [-0.2, -0.15) is 5.26 Å². The van der Waals surface area contributed by atoms with E-state index in [-0.39, 0.29) is 11.9 Å². The van der Waals surface area contributed by atoms with Gasteiger partial charge in [-0.05, 0) is 36.6 Å². The first-order valence-electron chi connectivity index (χ1n) is 6.08. The maximum Gasteiger partial charge on any atom is 0.253 e. The summed E-state index contributed by atoms with van der Waals surface area (Å²) in [6.07, 6.45) is 1.38. The van der Waals surface area contributed by atoms with E-state index in [0.29, 0.717) is 37.1 Å². The van der Waals surface area contributed by atoms with Gasteiger partial charge in [0.15, 0.2) is 0 Å². The third kappa shape index (κ3) is 3.03. The second-order valence-corrected chi connectivity index (χ2v) is 4.42. The van der Waals surface area contributed by atoms with Crippen LogP contribution in [0, 0.1) is 11.3 Å². The Kier molecular flexibility index (Phi) is 4.01. The van der Waals surface area contributed by atoms with Gasteiger partial charge in [0, 0.05) is 29.6 Å². The summed E-state index contributed by atoms with van der Waals surface area (Å²) in [6.45, 7) is 1.17. The number of piperidine rings is 1. The van der Waals surface area contributed by atoms with Gasteiger partial charge in [-0.25, -0.2) is 0 Å². The lowest BCUT2D eigenvalue weighted by molar-refractivity contribution is 0.0714. The van der Waals surface area contributed by atoms with Crippen molar-refractivity contribution in [2.45, 2.75) is 18.9 Å². The molecule has 0 bridgehead atoms. The fourth-order valence-electron chi connectivity index (χ4n) is 2.16. The molecule has 1 aromatic rings. The molecule has 1 amide bonds. The summed E-state index contributed by atoms with van der Waals surface area (Å²) in [5.41, 5.74) is 9.39. The van der Waals surface area contributed by atoms with E-state index in [1.54, 1.807) is 29.2 Å². The number of hydrogen-bond donors (Lipinski definition) is 0. The second-order valence-electron chi connectivity index (χ2n) is 4.42. The number of nitrogens with zero attached hydrogens (tertiary/aromatic N) is 5. The average Bonchev–Trinajstić information content (AvgIpc) is 2.48. The Morgan fingerprint density at radius 3 is 2.84 bits per heavy atom. The van der Waals surface area contributed by atoms with Crippen LogP contribution < -0.4 is 0 Å². The quantitative estimate of drug-likeness (QED) is 0.461. The molecule has 0 radical (unpaired) electrons. The van der Waals surface area contributed by atoms with Crippen LogP contribution in [0.3, 0.4) is 0 Å². The molecular formula is C13H13N5O. The lowest BCUT2D eigenvalue weighted by Gasteiger charge is -2.30. The monoisotopic (exact) mass is 255 g/mol. The Balaban J connectivity index is 2.05. The van der Waals surface area contributed by atoms with Gasteiger partial charge >= 0.3 is 0 Å². The van der Waals surface area contributed by atoms with Gasteiger partial charge in [0.2, 0.25) is 0 Å². The van der Waals surface area contributed by atoms with Crippen molar-refractivity contribution in [3.05, 3.63) is 45.8 Å². The summed E-state index contributed by atoms with van der Waals surface area (Å²) in [6, 6.07) is 8.70. The van der Waals surface area contributed by atoms with Crippen LogP contribution in [0.4, 0.5) is 0 Å². The molecule has 0 atom stereocenters. The Morgan fingerprint density at radius 1 is 1.47 bits per heavy atom. The van der Waals surface area contributed by atoms with E-state index >= 15 is 0 Å². The van der Waals surface area contributed by atoms with Crippen LogP contribution >= 0.6 is 0 Å². The number of amides is 1.